The number of nitrogens with zero attached hydrogens (tertiary/aromatic N) is 1. The summed E-state index contributed by atoms with van der Waals surface area (Å²) in [6.45, 7) is 1.08. The molecule has 1 aromatic carbocycles. The smallest absolute Gasteiger partial charge is 0.289 e. The molecule has 100 valence electrons. The number of hydrogen-bond acceptors (Lipinski definition) is 5. The molecule has 0 unspecified atom stereocenters. The van der Waals surface area contributed by atoms with Crippen LogP contribution >= 0.6 is 11.6 Å². The van der Waals surface area contributed by atoms with Crippen LogP contribution in [0.3, 0.4) is 0 Å². The van der Waals surface area contributed by atoms with Crippen molar-refractivity contribution in [3.63, 3.8) is 0 Å². The van der Waals surface area contributed by atoms with Crippen LogP contribution in [0.2, 0.25) is 5.02 Å². The van der Waals surface area contributed by atoms with Gasteiger partial charge >= 0.3 is 0 Å². The molecule has 9 heteroatoms. The lowest BCUT2D eigenvalue weighted by molar-refractivity contribution is -0.384. The molecule has 0 aliphatic rings. The molecule has 0 bridgehead atoms. The van der Waals surface area contributed by atoms with Crippen LogP contribution in [0.4, 0.5) is 5.69 Å². The average Bonchev–Trinajstić information content (AvgIpc) is 2.28. The van der Waals surface area contributed by atoms with Gasteiger partial charge in [0.15, 0.2) is 0 Å². The summed E-state index contributed by atoms with van der Waals surface area (Å²) in [6, 6.07) is 2.47. The lowest BCUT2D eigenvalue weighted by atomic mass is 10.3. The first-order valence-corrected chi connectivity index (χ1v) is 6.71. The predicted octanol–water partition coefficient (Wildman–Crippen LogP) is 0.907. The predicted molar refractivity (Wildman–Crippen MR) is 65.0 cm³/mol. The van der Waals surface area contributed by atoms with E-state index in [-0.39, 0.29) is 16.5 Å². The number of nitro benzene ring substituents is 1. The van der Waals surface area contributed by atoms with E-state index in [9.17, 15) is 18.5 Å². The zero-order valence-corrected chi connectivity index (χ0v) is 10.9. The van der Waals surface area contributed by atoms with Gasteiger partial charge in [-0.25, -0.2) is 13.1 Å². The Hall–Kier alpha value is -1.22. The fourth-order valence-corrected chi connectivity index (χ4v) is 2.61. The van der Waals surface area contributed by atoms with Crippen molar-refractivity contribution >= 4 is 27.3 Å². The van der Waals surface area contributed by atoms with E-state index < -0.39 is 26.7 Å². The second kappa shape index (κ2) is 5.61. The lowest BCUT2D eigenvalue weighted by Gasteiger charge is -2.11. The van der Waals surface area contributed by atoms with Crippen LogP contribution in [0.25, 0.3) is 0 Å². The number of aliphatic hydroxyl groups excluding tert-OH is 1. The minimum absolute atomic E-state index is 0.144. The van der Waals surface area contributed by atoms with Gasteiger partial charge in [-0.15, -0.1) is 0 Å². The first-order valence-electron chi connectivity index (χ1n) is 4.85. The summed E-state index contributed by atoms with van der Waals surface area (Å²) < 4.78 is 25.8. The van der Waals surface area contributed by atoms with Gasteiger partial charge in [0.2, 0.25) is 10.0 Å². The number of hydrogen-bond donors (Lipinski definition) is 2. The maximum absolute atomic E-state index is 11.8. The van der Waals surface area contributed by atoms with Gasteiger partial charge in [0.1, 0.15) is 5.02 Å². The average molecular weight is 295 g/mol. The Morgan fingerprint density at radius 2 is 2.17 bits per heavy atom. The number of halogens is 1. The molecule has 0 aromatic heterocycles. The molecule has 1 atom stereocenters. The number of sulfonamides is 1. The summed E-state index contributed by atoms with van der Waals surface area (Å²) in [5, 5.41) is 19.3. The zero-order valence-electron chi connectivity index (χ0n) is 9.33. The fraction of sp³-hybridized carbons (Fsp3) is 0.333. The highest BCUT2D eigenvalue weighted by molar-refractivity contribution is 7.89. The quantitative estimate of drug-likeness (QED) is 0.619. The van der Waals surface area contributed by atoms with E-state index in [1.807, 2.05) is 0 Å². The van der Waals surface area contributed by atoms with Crippen molar-refractivity contribution in [1.29, 1.82) is 0 Å². The first kappa shape index (κ1) is 14.8. The molecule has 18 heavy (non-hydrogen) atoms. The molecule has 7 nitrogen and oxygen atoms in total. The van der Waals surface area contributed by atoms with Crippen LogP contribution in [0, 0.1) is 10.1 Å². The number of nitro groups is 1. The second-order valence-electron chi connectivity index (χ2n) is 3.58. The van der Waals surface area contributed by atoms with Crippen LogP contribution in [0.15, 0.2) is 23.1 Å². The Morgan fingerprint density at radius 1 is 1.56 bits per heavy atom. The van der Waals surface area contributed by atoms with Crippen LogP contribution < -0.4 is 4.72 Å². The van der Waals surface area contributed by atoms with Crippen molar-refractivity contribution in [1.82, 2.24) is 4.72 Å². The molecule has 0 fully saturated rings. The second-order valence-corrected chi connectivity index (χ2v) is 5.70. The molecular formula is C9H11ClN2O5S. The molecule has 0 aliphatic carbocycles. The molecule has 1 rings (SSSR count). The number of rotatable bonds is 5. The van der Waals surface area contributed by atoms with E-state index in [0.29, 0.717) is 0 Å². The van der Waals surface area contributed by atoms with Crippen molar-refractivity contribution in [2.24, 2.45) is 0 Å². The largest absolute Gasteiger partial charge is 0.395 e. The summed E-state index contributed by atoms with van der Waals surface area (Å²) in [4.78, 5) is 9.60. The summed E-state index contributed by atoms with van der Waals surface area (Å²) in [5.41, 5.74) is -0.490. The highest BCUT2D eigenvalue weighted by atomic mass is 35.5. The van der Waals surface area contributed by atoms with Gasteiger partial charge in [-0.1, -0.05) is 11.6 Å². The van der Waals surface area contributed by atoms with Crippen molar-refractivity contribution in [2.75, 3.05) is 6.61 Å². The minimum Gasteiger partial charge on any atom is -0.395 e. The fourth-order valence-electron chi connectivity index (χ4n) is 1.17. The standard InChI is InChI=1S/C9H11ClN2O5S/c1-6(5-13)11-18(16,17)7-2-3-8(10)9(4-7)12(14)15/h2-4,6,11,13H,5H2,1H3/t6-/m1/s1. The Labute approximate surface area is 109 Å². The maximum atomic E-state index is 11.8. The van der Waals surface area contributed by atoms with Crippen LogP contribution in [0.5, 0.6) is 0 Å². The molecule has 0 amide bonds. The van der Waals surface area contributed by atoms with E-state index in [1.54, 1.807) is 0 Å². The van der Waals surface area contributed by atoms with Gasteiger partial charge in [-0.05, 0) is 19.1 Å². The Morgan fingerprint density at radius 3 is 2.67 bits per heavy atom. The molecule has 0 spiro atoms. The molecule has 0 radical (unpaired) electrons. The summed E-state index contributed by atoms with van der Waals surface area (Å²) in [7, 11) is -3.92. The molecule has 0 aliphatic heterocycles. The molecule has 0 saturated heterocycles. The maximum Gasteiger partial charge on any atom is 0.289 e. The molecule has 1 aromatic rings. The zero-order chi connectivity index (χ0) is 13.9. The van der Waals surface area contributed by atoms with Gasteiger partial charge in [0.25, 0.3) is 5.69 Å². The lowest BCUT2D eigenvalue weighted by Crippen LogP contribution is -2.35. The van der Waals surface area contributed by atoms with Crippen molar-refractivity contribution < 1.29 is 18.4 Å². The van der Waals surface area contributed by atoms with Gasteiger partial charge in [-0.2, -0.15) is 0 Å². The van der Waals surface area contributed by atoms with Crippen LogP contribution in [-0.2, 0) is 10.0 Å². The van der Waals surface area contributed by atoms with E-state index >= 15 is 0 Å². The van der Waals surface area contributed by atoms with Crippen molar-refractivity contribution in [3.8, 4) is 0 Å². The third kappa shape index (κ3) is 3.39. The van der Waals surface area contributed by atoms with E-state index in [4.69, 9.17) is 16.7 Å². The van der Waals surface area contributed by atoms with Crippen LogP contribution in [0.1, 0.15) is 6.92 Å². The van der Waals surface area contributed by atoms with E-state index in [1.165, 1.54) is 6.92 Å². The number of nitrogens with one attached hydrogen (secondary N) is 1. The van der Waals surface area contributed by atoms with Gasteiger partial charge in [0, 0.05) is 12.1 Å². The minimum atomic E-state index is -3.92. The summed E-state index contributed by atoms with van der Waals surface area (Å²) in [6.07, 6.45) is 0. The first-order chi connectivity index (χ1) is 8.27. The molecule has 0 heterocycles. The van der Waals surface area contributed by atoms with E-state index in [2.05, 4.69) is 4.72 Å². The topological polar surface area (TPSA) is 110 Å². The van der Waals surface area contributed by atoms with Gasteiger partial charge < -0.3 is 5.11 Å². The number of benzene rings is 1. The Balaban J connectivity index is 3.18. The monoisotopic (exact) mass is 294 g/mol. The number of aliphatic hydroxyl groups is 1. The SMILES string of the molecule is C[C@H](CO)NS(=O)(=O)c1ccc(Cl)c([N+](=O)[O-])c1. The summed E-state index contributed by atoms with van der Waals surface area (Å²) in [5.74, 6) is 0. The normalized spacial score (nSPS) is 13.3. The Kier molecular flexibility index (Phi) is 4.63. The third-order valence-electron chi connectivity index (χ3n) is 2.05. The van der Waals surface area contributed by atoms with Crippen molar-refractivity contribution in [3.05, 3.63) is 33.3 Å². The third-order valence-corrected chi connectivity index (χ3v) is 3.96. The molecular weight excluding hydrogens is 284 g/mol. The summed E-state index contributed by atoms with van der Waals surface area (Å²) >= 11 is 5.58. The highest BCUT2D eigenvalue weighted by Crippen LogP contribution is 2.26. The highest BCUT2D eigenvalue weighted by Gasteiger charge is 2.21. The van der Waals surface area contributed by atoms with Gasteiger partial charge in [-0.3, -0.25) is 10.1 Å². The van der Waals surface area contributed by atoms with Crippen molar-refractivity contribution in [2.45, 2.75) is 17.9 Å². The molecule has 0 saturated carbocycles. The van der Waals surface area contributed by atoms with Crippen LogP contribution in [-0.4, -0.2) is 31.1 Å². The van der Waals surface area contributed by atoms with Gasteiger partial charge in [0.05, 0.1) is 16.4 Å². The molecule has 2 N–H and O–H groups in total. The van der Waals surface area contributed by atoms with E-state index in [0.717, 1.165) is 18.2 Å². The Bertz CT molecular complexity index is 560.